The number of likely N-dealkylation sites (tertiary alicyclic amines) is 1. The monoisotopic (exact) mass is 315 g/mol. The van der Waals surface area contributed by atoms with Crippen molar-refractivity contribution in [2.24, 2.45) is 5.92 Å². The van der Waals surface area contributed by atoms with Gasteiger partial charge in [-0.3, -0.25) is 14.6 Å². The number of rotatable bonds is 4. The second kappa shape index (κ2) is 6.15. The number of H-pyrrole nitrogens is 1. The third-order valence-corrected chi connectivity index (χ3v) is 4.19. The van der Waals surface area contributed by atoms with Crippen LogP contribution >= 0.6 is 0 Å². The summed E-state index contributed by atoms with van der Waals surface area (Å²) in [5.41, 5.74) is 1.89. The molecule has 8 nitrogen and oxygen atoms in total. The Labute approximate surface area is 132 Å². The number of hydrogen-bond donors (Lipinski definition) is 2. The van der Waals surface area contributed by atoms with Crippen LogP contribution in [0.4, 0.5) is 0 Å². The lowest BCUT2D eigenvalue weighted by molar-refractivity contribution is -0.138. The molecular formula is C15H17N5O3. The average Bonchev–Trinajstić information content (AvgIpc) is 3.15. The molecule has 2 aromatic rings. The van der Waals surface area contributed by atoms with Crippen LogP contribution in [0, 0.1) is 12.8 Å². The fourth-order valence-corrected chi connectivity index (χ4v) is 3.05. The minimum absolute atomic E-state index is 0.0114. The highest BCUT2D eigenvalue weighted by Gasteiger charge is 2.39. The van der Waals surface area contributed by atoms with E-state index in [-0.39, 0.29) is 24.2 Å². The van der Waals surface area contributed by atoms with Gasteiger partial charge in [-0.1, -0.05) is 6.07 Å². The number of amides is 1. The molecule has 1 saturated heterocycles. The molecule has 0 aromatic carbocycles. The zero-order valence-electron chi connectivity index (χ0n) is 12.6. The van der Waals surface area contributed by atoms with Crippen molar-refractivity contribution in [1.29, 1.82) is 0 Å². The van der Waals surface area contributed by atoms with Crippen molar-refractivity contribution in [3.05, 3.63) is 41.5 Å². The second-order valence-electron chi connectivity index (χ2n) is 5.74. The van der Waals surface area contributed by atoms with E-state index in [4.69, 9.17) is 5.11 Å². The molecule has 1 aliphatic heterocycles. The van der Waals surface area contributed by atoms with E-state index in [0.717, 1.165) is 5.56 Å². The van der Waals surface area contributed by atoms with Crippen molar-refractivity contribution >= 4 is 11.9 Å². The van der Waals surface area contributed by atoms with Gasteiger partial charge in [0.2, 0.25) is 0 Å². The number of carbonyl (C=O) groups is 2. The molecule has 120 valence electrons. The van der Waals surface area contributed by atoms with Crippen LogP contribution in [-0.2, 0) is 4.79 Å². The maximum atomic E-state index is 12.7. The van der Waals surface area contributed by atoms with Crippen molar-refractivity contribution in [3.8, 4) is 0 Å². The molecule has 3 heterocycles. The summed E-state index contributed by atoms with van der Waals surface area (Å²) in [6.07, 6.45) is 3.15. The van der Waals surface area contributed by atoms with Gasteiger partial charge in [0, 0.05) is 25.2 Å². The molecule has 1 amide bonds. The van der Waals surface area contributed by atoms with Crippen molar-refractivity contribution in [1.82, 2.24) is 25.3 Å². The van der Waals surface area contributed by atoms with Crippen molar-refractivity contribution in [2.45, 2.75) is 19.3 Å². The lowest BCUT2D eigenvalue weighted by Gasteiger charge is -2.16. The third kappa shape index (κ3) is 3.05. The number of nitrogens with one attached hydrogen (secondary N) is 1. The minimum atomic E-state index is -0.883. The summed E-state index contributed by atoms with van der Waals surface area (Å²) in [5, 5.41) is 19.5. The van der Waals surface area contributed by atoms with Gasteiger partial charge < -0.3 is 10.0 Å². The molecule has 0 aliphatic carbocycles. The summed E-state index contributed by atoms with van der Waals surface area (Å²) < 4.78 is 0. The van der Waals surface area contributed by atoms with Crippen molar-refractivity contribution < 1.29 is 14.7 Å². The van der Waals surface area contributed by atoms with Crippen molar-refractivity contribution in [3.63, 3.8) is 0 Å². The summed E-state index contributed by atoms with van der Waals surface area (Å²) in [4.78, 5) is 29.6. The van der Waals surface area contributed by atoms with Crippen LogP contribution in [-0.4, -0.2) is 55.4 Å². The van der Waals surface area contributed by atoms with Crippen LogP contribution in [0.5, 0.6) is 0 Å². The average molecular weight is 315 g/mol. The first-order valence-corrected chi connectivity index (χ1v) is 7.34. The summed E-state index contributed by atoms with van der Waals surface area (Å²) in [5.74, 6) is -1.39. The van der Waals surface area contributed by atoms with E-state index in [9.17, 15) is 9.59 Å². The lowest BCUT2D eigenvalue weighted by atomic mass is 9.91. The number of aryl methyl sites for hydroxylation is 1. The molecule has 1 aliphatic rings. The van der Waals surface area contributed by atoms with Gasteiger partial charge in [-0.25, -0.2) is 0 Å². The van der Waals surface area contributed by atoms with Crippen LogP contribution in [0.25, 0.3) is 0 Å². The number of pyridine rings is 1. The number of carboxylic acid groups (broad SMARTS) is 1. The first kappa shape index (κ1) is 15.1. The fourth-order valence-electron chi connectivity index (χ4n) is 3.05. The zero-order chi connectivity index (χ0) is 16.4. The Hall–Kier alpha value is -2.77. The number of nitrogens with zero attached hydrogens (tertiary/aromatic N) is 4. The number of carboxylic acids is 1. The molecule has 2 aromatic heterocycles. The van der Waals surface area contributed by atoms with E-state index in [1.54, 1.807) is 23.4 Å². The molecule has 0 spiro atoms. The van der Waals surface area contributed by atoms with E-state index in [1.165, 1.54) is 0 Å². The molecule has 0 unspecified atom stereocenters. The van der Waals surface area contributed by atoms with Crippen LogP contribution in [0.1, 0.15) is 34.1 Å². The number of carbonyl (C=O) groups excluding carboxylic acids is 1. The third-order valence-electron chi connectivity index (χ3n) is 4.19. The maximum Gasteiger partial charge on any atom is 0.303 e. The molecular weight excluding hydrogens is 298 g/mol. The normalized spacial score (nSPS) is 20.7. The van der Waals surface area contributed by atoms with Crippen LogP contribution in [0.2, 0.25) is 0 Å². The minimum Gasteiger partial charge on any atom is -0.481 e. The van der Waals surface area contributed by atoms with Gasteiger partial charge in [-0.05, 0) is 24.5 Å². The van der Waals surface area contributed by atoms with Gasteiger partial charge in [-0.15, -0.1) is 0 Å². The summed E-state index contributed by atoms with van der Waals surface area (Å²) in [7, 11) is 0. The van der Waals surface area contributed by atoms with Gasteiger partial charge in [0.25, 0.3) is 5.91 Å². The predicted octanol–water partition coefficient (Wildman–Crippen LogP) is 0.839. The first-order chi connectivity index (χ1) is 11.1. The standard InChI is InChI=1S/C15H17N5O3/c1-9-3-2-4-16-14(9)15(23)20-7-10(5-13(21)22)11(8-20)12-6-17-19-18-12/h2-4,6,10-11H,5,7-8H2,1H3,(H,21,22)(H,17,18,19)/t10-,11+/m1/s1. The Balaban J connectivity index is 1.83. The molecule has 23 heavy (non-hydrogen) atoms. The highest BCUT2D eigenvalue weighted by atomic mass is 16.4. The van der Waals surface area contributed by atoms with E-state index in [2.05, 4.69) is 20.4 Å². The number of aliphatic carboxylic acids is 1. The van der Waals surface area contributed by atoms with Crippen LogP contribution < -0.4 is 0 Å². The molecule has 3 rings (SSSR count). The number of aromatic amines is 1. The Morgan fingerprint density at radius 1 is 1.43 bits per heavy atom. The summed E-state index contributed by atoms with van der Waals surface area (Å²) >= 11 is 0. The Kier molecular flexibility index (Phi) is 4.05. The summed E-state index contributed by atoms with van der Waals surface area (Å²) in [6.45, 7) is 2.62. The largest absolute Gasteiger partial charge is 0.481 e. The van der Waals surface area contributed by atoms with Crippen LogP contribution in [0.15, 0.2) is 24.5 Å². The number of aromatic nitrogens is 4. The first-order valence-electron chi connectivity index (χ1n) is 7.34. The van der Waals surface area contributed by atoms with Gasteiger partial charge in [0.15, 0.2) is 0 Å². The summed E-state index contributed by atoms with van der Waals surface area (Å²) in [6, 6.07) is 3.61. The maximum absolute atomic E-state index is 12.7. The quantitative estimate of drug-likeness (QED) is 0.864. The molecule has 2 N–H and O–H groups in total. The fraction of sp³-hybridized carbons (Fsp3) is 0.400. The highest BCUT2D eigenvalue weighted by molar-refractivity contribution is 5.94. The SMILES string of the molecule is Cc1cccnc1C(=O)N1C[C@@H](CC(=O)O)[C@@H](c2cn[nH]n2)C1. The van der Waals surface area contributed by atoms with E-state index in [0.29, 0.717) is 24.5 Å². The van der Waals surface area contributed by atoms with E-state index in [1.807, 2.05) is 13.0 Å². The highest BCUT2D eigenvalue weighted by Crippen LogP contribution is 2.34. The molecule has 0 radical (unpaired) electrons. The lowest BCUT2D eigenvalue weighted by Crippen LogP contribution is -2.30. The smallest absolute Gasteiger partial charge is 0.303 e. The zero-order valence-corrected chi connectivity index (χ0v) is 12.6. The Morgan fingerprint density at radius 2 is 2.26 bits per heavy atom. The Morgan fingerprint density at radius 3 is 2.91 bits per heavy atom. The molecule has 0 saturated carbocycles. The topological polar surface area (TPSA) is 112 Å². The van der Waals surface area contributed by atoms with Gasteiger partial charge in [0.05, 0.1) is 18.3 Å². The van der Waals surface area contributed by atoms with Crippen LogP contribution in [0.3, 0.4) is 0 Å². The van der Waals surface area contributed by atoms with Gasteiger partial charge >= 0.3 is 5.97 Å². The molecule has 8 heteroatoms. The predicted molar refractivity (Wildman–Crippen MR) is 79.7 cm³/mol. The Bertz CT molecular complexity index is 716. The molecule has 2 atom stereocenters. The second-order valence-corrected chi connectivity index (χ2v) is 5.74. The van der Waals surface area contributed by atoms with E-state index < -0.39 is 5.97 Å². The molecule has 1 fully saturated rings. The van der Waals surface area contributed by atoms with Gasteiger partial charge in [-0.2, -0.15) is 15.4 Å². The van der Waals surface area contributed by atoms with Crippen molar-refractivity contribution in [2.75, 3.05) is 13.1 Å². The van der Waals surface area contributed by atoms with Gasteiger partial charge in [0.1, 0.15) is 5.69 Å². The molecule has 0 bridgehead atoms. The van der Waals surface area contributed by atoms with E-state index >= 15 is 0 Å². The number of hydrogen-bond acceptors (Lipinski definition) is 5.